The Labute approximate surface area is 446 Å². The second kappa shape index (κ2) is 23.4. The van der Waals surface area contributed by atoms with Crippen molar-refractivity contribution in [2.45, 2.75) is 316 Å². The van der Waals surface area contributed by atoms with E-state index in [2.05, 4.69) is 158 Å². The maximum absolute atomic E-state index is 15.1. The third-order valence-electron chi connectivity index (χ3n) is 18.6. The Morgan fingerprint density at radius 3 is 0.685 bits per heavy atom. The van der Waals surface area contributed by atoms with Crippen LogP contribution < -0.4 is 0 Å². The quantitative estimate of drug-likeness (QED) is 0.0853. The molecule has 4 heterocycles. The molecule has 12 nitrogen and oxygen atoms in total. The standard InChI is InChI=1S/C61H110N4O8/c1-21-25-29-62-54(5,6)34-42(35-55(62,7)8)50(66)70-46-33-47(71-51(67)43-36-56(9,10)63(30-26-22-2)57(11,12)37-43)49(73-53(69)45-40-60(17,18)65(32-28-24-4)61(19,20)41-45)48(46)72-52(68)44-38-58(13,14)64(31-27-23-3)59(15,16)39-44/h42-49H,21-41H2,1-20H3. The van der Waals surface area contributed by atoms with Crippen LogP contribution in [0.15, 0.2) is 0 Å². The summed E-state index contributed by atoms with van der Waals surface area (Å²) in [5, 5.41) is 0. The van der Waals surface area contributed by atoms with Crippen LogP contribution >= 0.6 is 0 Å². The minimum atomic E-state index is -1.18. The lowest BCUT2D eigenvalue weighted by atomic mass is 9.73. The fraction of sp³-hybridized carbons (Fsp3) is 0.934. The zero-order valence-corrected chi connectivity index (χ0v) is 50.5. The van der Waals surface area contributed by atoms with Crippen LogP contribution in [0.5, 0.6) is 0 Å². The fourth-order valence-corrected chi connectivity index (χ4v) is 16.0. The molecule has 1 saturated carbocycles. The van der Waals surface area contributed by atoms with Crippen LogP contribution in [-0.4, -0.2) is 138 Å². The van der Waals surface area contributed by atoms with Gasteiger partial charge in [-0.2, -0.15) is 0 Å². The van der Waals surface area contributed by atoms with Gasteiger partial charge in [0.15, 0.2) is 12.2 Å². The van der Waals surface area contributed by atoms with Gasteiger partial charge in [-0.1, -0.05) is 53.4 Å². The molecule has 0 aromatic rings. The van der Waals surface area contributed by atoms with E-state index in [0.717, 1.165) is 77.5 Å². The molecule has 73 heavy (non-hydrogen) atoms. The number of piperidine rings is 4. The molecule has 422 valence electrons. The lowest BCUT2D eigenvalue weighted by molar-refractivity contribution is -0.195. The molecule has 5 rings (SSSR count). The summed E-state index contributed by atoms with van der Waals surface area (Å²) in [4.78, 5) is 70.2. The third kappa shape index (κ3) is 14.3. The van der Waals surface area contributed by atoms with Gasteiger partial charge in [-0.3, -0.25) is 38.8 Å². The minimum absolute atomic E-state index is 0.0521. The van der Waals surface area contributed by atoms with Crippen molar-refractivity contribution in [1.29, 1.82) is 0 Å². The number of carbonyl (C=O) groups is 4. The van der Waals surface area contributed by atoms with E-state index >= 15 is 9.59 Å². The highest BCUT2D eigenvalue weighted by atomic mass is 16.6. The Hall–Kier alpha value is -2.28. The molecule has 0 amide bonds. The van der Waals surface area contributed by atoms with E-state index in [1.807, 2.05) is 0 Å². The summed E-state index contributed by atoms with van der Waals surface area (Å²) < 4.78 is 27.0. The van der Waals surface area contributed by atoms with Crippen LogP contribution in [0.25, 0.3) is 0 Å². The van der Waals surface area contributed by atoms with Crippen LogP contribution in [0.3, 0.4) is 0 Å². The normalized spacial score (nSPS) is 29.6. The highest BCUT2D eigenvalue weighted by molar-refractivity contribution is 5.76. The van der Waals surface area contributed by atoms with E-state index in [0.29, 0.717) is 51.4 Å². The first-order valence-corrected chi connectivity index (χ1v) is 29.5. The van der Waals surface area contributed by atoms with E-state index in [1.165, 1.54) is 0 Å². The van der Waals surface area contributed by atoms with E-state index in [9.17, 15) is 9.59 Å². The Morgan fingerprint density at radius 1 is 0.329 bits per heavy atom. The number of esters is 4. The average Bonchev–Trinajstić information content (AvgIpc) is 3.53. The summed E-state index contributed by atoms with van der Waals surface area (Å²) in [7, 11) is 0. The molecule has 0 aromatic carbocycles. The summed E-state index contributed by atoms with van der Waals surface area (Å²) in [6.07, 6.45) is 9.07. The van der Waals surface area contributed by atoms with Crippen molar-refractivity contribution in [1.82, 2.24) is 19.6 Å². The van der Waals surface area contributed by atoms with Crippen molar-refractivity contribution in [2.75, 3.05) is 26.2 Å². The lowest BCUT2D eigenvalue weighted by Crippen LogP contribution is -2.62. The molecule has 4 atom stereocenters. The number of carbonyl (C=O) groups excluding carboxylic acids is 4. The molecule has 0 radical (unpaired) electrons. The summed E-state index contributed by atoms with van der Waals surface area (Å²) in [5.74, 6) is -3.23. The summed E-state index contributed by atoms with van der Waals surface area (Å²) in [5.41, 5.74) is -2.27. The smallest absolute Gasteiger partial charge is 0.309 e. The average molecular weight is 1030 g/mol. The number of nitrogens with zero attached hydrogens (tertiary/aromatic N) is 4. The van der Waals surface area contributed by atoms with Crippen LogP contribution in [0.2, 0.25) is 0 Å². The predicted octanol–water partition coefficient (Wildman–Crippen LogP) is 12.3. The van der Waals surface area contributed by atoms with Gasteiger partial charge in [-0.15, -0.1) is 0 Å². The Balaban J connectivity index is 1.55. The lowest BCUT2D eigenvalue weighted by Gasteiger charge is -2.55. The second-order valence-corrected chi connectivity index (χ2v) is 28.9. The molecule has 1 aliphatic carbocycles. The topological polar surface area (TPSA) is 118 Å². The molecular formula is C61H110N4O8. The van der Waals surface area contributed by atoms with Crippen molar-refractivity contribution < 1.29 is 38.1 Å². The number of unbranched alkanes of at least 4 members (excludes halogenated alkanes) is 4. The number of rotatable bonds is 20. The molecule has 5 fully saturated rings. The minimum Gasteiger partial charge on any atom is -0.458 e. The zero-order chi connectivity index (χ0) is 54.9. The van der Waals surface area contributed by atoms with Crippen LogP contribution in [0.4, 0.5) is 0 Å². The first-order chi connectivity index (χ1) is 33.6. The number of likely N-dealkylation sites (tertiary alicyclic amines) is 4. The number of hydrogen-bond donors (Lipinski definition) is 0. The van der Waals surface area contributed by atoms with Crippen molar-refractivity contribution in [3.05, 3.63) is 0 Å². The van der Waals surface area contributed by atoms with Crippen molar-refractivity contribution in [2.24, 2.45) is 23.7 Å². The van der Waals surface area contributed by atoms with Gasteiger partial charge in [0, 0.05) is 50.7 Å². The SMILES string of the molecule is CCCCN1C(C)(C)CC(C(=O)OC2CC(OC(=O)C3CC(C)(C)N(CCCC)C(C)(C)C3)C(OC(=O)C3CC(C)(C)N(CCCC)C(C)(C)C3)C2OC(=O)C2CC(C)(C)N(CCCC)C(C)(C)C2)CC1(C)C. The maximum atomic E-state index is 15.1. The van der Waals surface area contributed by atoms with Crippen LogP contribution in [-0.2, 0) is 38.1 Å². The van der Waals surface area contributed by atoms with Gasteiger partial charge in [-0.25, -0.2) is 0 Å². The Morgan fingerprint density at radius 2 is 0.507 bits per heavy atom. The van der Waals surface area contributed by atoms with Gasteiger partial charge in [0.25, 0.3) is 0 Å². The van der Waals surface area contributed by atoms with Gasteiger partial charge in [0.2, 0.25) is 0 Å². The zero-order valence-electron chi connectivity index (χ0n) is 50.5. The Kier molecular flexibility index (Phi) is 19.7. The molecule has 0 bridgehead atoms. The van der Waals surface area contributed by atoms with Gasteiger partial charge in [0.1, 0.15) is 12.2 Å². The van der Waals surface area contributed by atoms with E-state index in [-0.39, 0.29) is 62.7 Å². The van der Waals surface area contributed by atoms with Crippen molar-refractivity contribution in [3.8, 4) is 0 Å². The summed E-state index contributed by atoms with van der Waals surface area (Å²) >= 11 is 0. The molecule has 12 heteroatoms. The van der Waals surface area contributed by atoms with Crippen LogP contribution in [0.1, 0.15) is 248 Å². The second-order valence-electron chi connectivity index (χ2n) is 28.9. The monoisotopic (exact) mass is 1030 g/mol. The van der Waals surface area contributed by atoms with Crippen LogP contribution in [0, 0.1) is 23.7 Å². The Bertz CT molecular complexity index is 1680. The van der Waals surface area contributed by atoms with Crippen molar-refractivity contribution >= 4 is 23.9 Å². The van der Waals surface area contributed by atoms with Gasteiger partial charge in [-0.05, 0) is 214 Å². The van der Waals surface area contributed by atoms with E-state index in [1.54, 1.807) is 0 Å². The molecule has 0 N–H and O–H groups in total. The summed E-state index contributed by atoms with van der Waals surface area (Å²) in [6.45, 7) is 48.1. The highest BCUT2D eigenvalue weighted by Crippen LogP contribution is 2.48. The van der Waals surface area contributed by atoms with E-state index < -0.39 is 60.0 Å². The molecule has 0 spiro atoms. The first kappa shape index (κ1) is 61.6. The maximum Gasteiger partial charge on any atom is 0.309 e. The molecule has 0 aromatic heterocycles. The molecule has 4 unspecified atom stereocenters. The van der Waals surface area contributed by atoms with E-state index in [4.69, 9.17) is 18.9 Å². The molecule has 5 aliphatic rings. The van der Waals surface area contributed by atoms with Gasteiger partial charge in [0.05, 0.1) is 23.7 Å². The van der Waals surface area contributed by atoms with Crippen molar-refractivity contribution in [3.63, 3.8) is 0 Å². The molecular weight excluding hydrogens is 917 g/mol. The largest absolute Gasteiger partial charge is 0.458 e. The highest BCUT2D eigenvalue weighted by Gasteiger charge is 2.58. The van der Waals surface area contributed by atoms with Gasteiger partial charge < -0.3 is 18.9 Å². The summed E-state index contributed by atoms with van der Waals surface area (Å²) in [6, 6.07) is 0. The number of ether oxygens (including phenoxy) is 4. The fourth-order valence-electron chi connectivity index (χ4n) is 16.0. The third-order valence-corrected chi connectivity index (χ3v) is 18.6. The first-order valence-electron chi connectivity index (χ1n) is 29.5. The van der Waals surface area contributed by atoms with Gasteiger partial charge >= 0.3 is 23.9 Å². The molecule has 4 saturated heterocycles. The molecule has 4 aliphatic heterocycles. The number of hydrogen-bond acceptors (Lipinski definition) is 12. The predicted molar refractivity (Wildman–Crippen MR) is 294 cm³/mol.